The van der Waals surface area contributed by atoms with E-state index in [1.807, 2.05) is 26.0 Å². The van der Waals surface area contributed by atoms with Crippen molar-refractivity contribution in [1.82, 2.24) is 19.8 Å². The van der Waals surface area contributed by atoms with Gasteiger partial charge in [0.2, 0.25) is 0 Å². The Balaban J connectivity index is 2.64. The normalized spacial score (nSPS) is 12.2. The van der Waals surface area contributed by atoms with Crippen LogP contribution in [0.25, 0.3) is 5.65 Å². The lowest BCUT2D eigenvalue weighted by molar-refractivity contribution is 0.487. The highest BCUT2D eigenvalue weighted by atomic mass is 15.4. The molecule has 2 rings (SSSR count). The Morgan fingerprint density at radius 1 is 1.43 bits per heavy atom. The van der Waals surface area contributed by atoms with Crippen LogP contribution < -0.4 is 5.73 Å². The van der Waals surface area contributed by atoms with Gasteiger partial charge in [-0.1, -0.05) is 13.8 Å². The van der Waals surface area contributed by atoms with Crippen molar-refractivity contribution in [1.29, 1.82) is 0 Å². The number of hydrogen-bond acceptors (Lipinski definition) is 4. The van der Waals surface area contributed by atoms with Crippen LogP contribution in [0.1, 0.15) is 19.7 Å². The molecule has 0 saturated heterocycles. The van der Waals surface area contributed by atoms with Crippen LogP contribution in [0, 0.1) is 0 Å². The molecular formula is C9H13N5. The Kier molecular flexibility index (Phi) is 1.96. The van der Waals surface area contributed by atoms with Crippen LogP contribution in [0.5, 0.6) is 0 Å². The van der Waals surface area contributed by atoms with Gasteiger partial charge in [0.15, 0.2) is 11.5 Å². The van der Waals surface area contributed by atoms with Crippen molar-refractivity contribution < 1.29 is 0 Å². The van der Waals surface area contributed by atoms with Gasteiger partial charge in [0.25, 0.3) is 0 Å². The van der Waals surface area contributed by atoms with Crippen molar-refractivity contribution in [3.63, 3.8) is 0 Å². The number of nitrogens with two attached hydrogens (primary N) is 1. The third kappa shape index (κ3) is 1.26. The summed E-state index contributed by atoms with van der Waals surface area (Å²) < 4.78 is 1.73. The highest BCUT2D eigenvalue weighted by Crippen LogP contribution is 2.19. The summed E-state index contributed by atoms with van der Waals surface area (Å²) in [7, 11) is 0. The molecule has 0 aliphatic carbocycles. The first-order chi connectivity index (χ1) is 6.65. The van der Waals surface area contributed by atoms with Crippen molar-refractivity contribution in [3.05, 3.63) is 24.2 Å². The third-order valence-corrected chi connectivity index (χ3v) is 2.29. The van der Waals surface area contributed by atoms with Gasteiger partial charge in [0, 0.05) is 18.2 Å². The summed E-state index contributed by atoms with van der Waals surface area (Å²) in [6, 6.07) is 3.71. The van der Waals surface area contributed by atoms with E-state index in [9.17, 15) is 0 Å². The van der Waals surface area contributed by atoms with Gasteiger partial charge in [0.05, 0.1) is 0 Å². The minimum Gasteiger partial charge on any atom is -0.329 e. The van der Waals surface area contributed by atoms with Crippen molar-refractivity contribution >= 4 is 5.65 Å². The van der Waals surface area contributed by atoms with Crippen molar-refractivity contribution in [3.8, 4) is 0 Å². The molecule has 5 nitrogen and oxygen atoms in total. The third-order valence-electron chi connectivity index (χ3n) is 2.29. The molecule has 2 aromatic heterocycles. The van der Waals surface area contributed by atoms with Gasteiger partial charge in [-0.05, 0) is 12.1 Å². The van der Waals surface area contributed by atoms with Crippen molar-refractivity contribution in [2.75, 3.05) is 6.54 Å². The molecule has 2 heterocycles. The Hall–Kier alpha value is -1.49. The second-order valence-electron chi connectivity index (χ2n) is 3.91. The Morgan fingerprint density at radius 3 is 2.93 bits per heavy atom. The largest absolute Gasteiger partial charge is 0.329 e. The molecule has 0 amide bonds. The summed E-state index contributed by atoms with van der Waals surface area (Å²) in [5.74, 6) is 0.801. The lowest BCUT2D eigenvalue weighted by Crippen LogP contribution is -2.30. The summed E-state index contributed by atoms with van der Waals surface area (Å²) in [6.07, 6.45) is 1.71. The van der Waals surface area contributed by atoms with Crippen LogP contribution in [-0.2, 0) is 5.41 Å². The van der Waals surface area contributed by atoms with Crippen LogP contribution in [0.4, 0.5) is 0 Å². The van der Waals surface area contributed by atoms with E-state index in [0.29, 0.717) is 6.54 Å². The van der Waals surface area contributed by atoms with Crippen LogP contribution >= 0.6 is 0 Å². The predicted octanol–water partition coefficient (Wildman–Crippen LogP) is 0.361. The lowest BCUT2D eigenvalue weighted by atomic mass is 9.93. The molecule has 0 unspecified atom stereocenters. The first kappa shape index (κ1) is 9.08. The molecular weight excluding hydrogens is 178 g/mol. The maximum atomic E-state index is 5.68. The predicted molar refractivity (Wildman–Crippen MR) is 52.9 cm³/mol. The van der Waals surface area contributed by atoms with E-state index in [4.69, 9.17) is 5.73 Å². The van der Waals surface area contributed by atoms with Crippen LogP contribution in [0.3, 0.4) is 0 Å². The second-order valence-corrected chi connectivity index (χ2v) is 3.91. The van der Waals surface area contributed by atoms with Crippen molar-refractivity contribution in [2.45, 2.75) is 19.3 Å². The molecule has 0 radical (unpaired) electrons. The van der Waals surface area contributed by atoms with E-state index in [2.05, 4.69) is 15.3 Å². The average Bonchev–Trinajstić information content (AvgIpc) is 2.61. The lowest BCUT2D eigenvalue weighted by Gasteiger charge is -2.18. The Bertz CT molecular complexity index is 445. The fourth-order valence-electron chi connectivity index (χ4n) is 1.26. The minimum atomic E-state index is -0.201. The summed E-state index contributed by atoms with van der Waals surface area (Å²) in [5.41, 5.74) is 6.23. The summed E-state index contributed by atoms with van der Waals surface area (Å²) in [4.78, 5) is 0. The van der Waals surface area contributed by atoms with E-state index in [1.54, 1.807) is 10.7 Å². The molecule has 2 N–H and O–H groups in total. The van der Waals surface area contributed by atoms with Gasteiger partial charge in [-0.3, -0.25) is 0 Å². The quantitative estimate of drug-likeness (QED) is 0.744. The fraction of sp³-hybridized carbons (Fsp3) is 0.444. The van der Waals surface area contributed by atoms with E-state index in [0.717, 1.165) is 11.5 Å². The number of rotatable bonds is 2. The number of nitrogens with zero attached hydrogens (tertiary/aromatic N) is 4. The zero-order valence-corrected chi connectivity index (χ0v) is 8.31. The maximum absolute atomic E-state index is 5.68. The van der Waals surface area contributed by atoms with Gasteiger partial charge < -0.3 is 5.73 Å². The van der Waals surface area contributed by atoms with Gasteiger partial charge in [-0.25, -0.2) is 0 Å². The summed E-state index contributed by atoms with van der Waals surface area (Å²) >= 11 is 0. The number of hydrogen-bond donors (Lipinski definition) is 1. The molecule has 2 aromatic rings. The maximum Gasteiger partial charge on any atom is 0.177 e. The Labute approximate surface area is 81.9 Å². The molecule has 0 aromatic carbocycles. The zero-order chi connectivity index (χ0) is 10.2. The molecule has 0 fully saturated rings. The van der Waals surface area contributed by atoms with Crippen LogP contribution in [0.15, 0.2) is 18.3 Å². The van der Waals surface area contributed by atoms with Crippen LogP contribution in [-0.4, -0.2) is 26.4 Å². The van der Waals surface area contributed by atoms with E-state index < -0.39 is 0 Å². The summed E-state index contributed by atoms with van der Waals surface area (Å²) in [6.45, 7) is 4.57. The molecule has 5 heteroatoms. The molecule has 0 aliphatic rings. The van der Waals surface area contributed by atoms with Gasteiger partial charge in [0.1, 0.15) is 0 Å². The average molecular weight is 191 g/mol. The fourth-order valence-corrected chi connectivity index (χ4v) is 1.26. The first-order valence-corrected chi connectivity index (χ1v) is 4.52. The van der Waals surface area contributed by atoms with Crippen molar-refractivity contribution in [2.24, 2.45) is 5.73 Å². The Morgan fingerprint density at radius 2 is 2.21 bits per heavy atom. The van der Waals surface area contributed by atoms with E-state index >= 15 is 0 Å². The van der Waals surface area contributed by atoms with Gasteiger partial charge >= 0.3 is 0 Å². The second kappa shape index (κ2) is 3.02. The highest BCUT2D eigenvalue weighted by molar-refractivity contribution is 5.35. The SMILES string of the molecule is CC(C)(CN)c1nnc2cccnn12. The monoisotopic (exact) mass is 191 g/mol. The molecule has 0 spiro atoms. The minimum absolute atomic E-state index is 0.201. The van der Waals surface area contributed by atoms with E-state index in [1.165, 1.54) is 0 Å². The topological polar surface area (TPSA) is 69.1 Å². The zero-order valence-electron chi connectivity index (χ0n) is 8.31. The van der Waals surface area contributed by atoms with E-state index in [-0.39, 0.29) is 5.41 Å². The molecule has 0 atom stereocenters. The molecule has 0 aliphatic heterocycles. The molecule has 74 valence electrons. The number of fused-ring (bicyclic) bond motifs is 1. The molecule has 0 bridgehead atoms. The summed E-state index contributed by atoms with van der Waals surface area (Å²) in [5, 5.41) is 12.3. The molecule has 0 saturated carbocycles. The smallest absolute Gasteiger partial charge is 0.177 e. The van der Waals surface area contributed by atoms with Gasteiger partial charge in [-0.2, -0.15) is 9.61 Å². The standard InChI is InChI=1S/C9H13N5/c1-9(2,6-10)8-13-12-7-4-3-5-11-14(7)8/h3-5H,6,10H2,1-2H3. The first-order valence-electron chi connectivity index (χ1n) is 4.52. The molecule has 14 heavy (non-hydrogen) atoms. The van der Waals surface area contributed by atoms with Crippen LogP contribution in [0.2, 0.25) is 0 Å². The highest BCUT2D eigenvalue weighted by Gasteiger charge is 2.25. The number of aromatic nitrogens is 4. The van der Waals surface area contributed by atoms with Gasteiger partial charge in [-0.15, -0.1) is 10.2 Å².